The number of aliphatic hydroxyl groups is 2. The third-order valence-electron chi connectivity index (χ3n) is 16.2. The van der Waals surface area contributed by atoms with Crippen LogP contribution in [0, 0.1) is 22.5 Å². The maximum atomic E-state index is 14.8. The Morgan fingerprint density at radius 2 is 1.09 bits per heavy atom. The summed E-state index contributed by atoms with van der Waals surface area (Å²) >= 11 is 0. The van der Waals surface area contributed by atoms with E-state index >= 15 is 0 Å². The normalized spacial score (nSPS) is 20.7. The minimum atomic E-state index is -0.767. The highest BCUT2D eigenvalue weighted by molar-refractivity contribution is 5.80. The van der Waals surface area contributed by atoms with Crippen molar-refractivity contribution < 1.29 is 28.5 Å². The number of hydrogen-bond donors (Lipinski definition) is 4. The standard InChI is InChI=1S/C59H60F2N10O5/c1-37(72)42-7-3-5-9-44(42)46-25-40(60)12-15-50(46)75-52-27-62-35-64-55(52)70-23-19-58(33-70)17-21-68(31-58)29-39-11-14-49-54(67-57(74)66-49)48(39)30-69-22-18-59(32-69)20-24-71(34-59)56-53(28-63-36-65-56)76-51-16-13-41(61)26-47(51)45-10-6-4-8-43(45)38(2)73/h3-16,25-28,35-38,72-73H,17-24,29-34H2,1-2H3,(H2,66,67,74). The molecule has 4 N–H and O–H groups in total. The predicted octanol–water partition coefficient (Wildman–Crippen LogP) is 9.94. The summed E-state index contributed by atoms with van der Waals surface area (Å²) in [7, 11) is 0. The van der Waals surface area contributed by atoms with Crippen molar-refractivity contribution in [3.63, 3.8) is 0 Å². The zero-order valence-corrected chi connectivity index (χ0v) is 42.6. The Balaban J connectivity index is 0.729. The molecule has 15 nitrogen and oxygen atoms in total. The highest BCUT2D eigenvalue weighted by Gasteiger charge is 2.46. The van der Waals surface area contributed by atoms with Crippen LogP contribution < -0.4 is 25.0 Å². The van der Waals surface area contributed by atoms with Crippen LogP contribution in [0.2, 0.25) is 0 Å². The fourth-order valence-corrected chi connectivity index (χ4v) is 12.5. The predicted molar refractivity (Wildman–Crippen MR) is 286 cm³/mol. The zero-order chi connectivity index (χ0) is 52.1. The van der Waals surface area contributed by atoms with Gasteiger partial charge in [-0.25, -0.2) is 33.5 Å². The van der Waals surface area contributed by atoms with Gasteiger partial charge in [-0.3, -0.25) is 9.80 Å². The van der Waals surface area contributed by atoms with Crippen LogP contribution in [0.25, 0.3) is 33.3 Å². The van der Waals surface area contributed by atoms with Gasteiger partial charge in [0.05, 0.1) is 35.6 Å². The lowest BCUT2D eigenvalue weighted by Gasteiger charge is -2.27. The van der Waals surface area contributed by atoms with E-state index in [1.54, 1.807) is 38.4 Å². The second kappa shape index (κ2) is 20.2. The van der Waals surface area contributed by atoms with E-state index in [-0.39, 0.29) is 16.5 Å². The Morgan fingerprint density at radius 3 is 1.62 bits per heavy atom. The Kier molecular flexibility index (Phi) is 13.1. The molecule has 4 aliphatic rings. The topological polar surface area (TPSA) is 172 Å². The largest absolute Gasteiger partial charge is 0.451 e. The number of ether oxygens (including phenoxy) is 2. The van der Waals surface area contributed by atoms with E-state index in [0.29, 0.717) is 74.6 Å². The van der Waals surface area contributed by atoms with Crippen LogP contribution >= 0.6 is 0 Å². The van der Waals surface area contributed by atoms with Gasteiger partial charge in [-0.15, -0.1) is 0 Å². The fourth-order valence-electron chi connectivity index (χ4n) is 12.5. The van der Waals surface area contributed by atoms with Crippen LogP contribution in [0.1, 0.15) is 74.0 Å². The molecular formula is C59H60F2N10O5. The molecule has 76 heavy (non-hydrogen) atoms. The van der Waals surface area contributed by atoms with Crippen molar-refractivity contribution >= 4 is 22.7 Å². The molecule has 0 aliphatic carbocycles. The summed E-state index contributed by atoms with van der Waals surface area (Å²) < 4.78 is 42.8. The number of H-pyrrole nitrogens is 2. The first-order valence-corrected chi connectivity index (χ1v) is 26.2. The van der Waals surface area contributed by atoms with Crippen LogP contribution in [0.4, 0.5) is 20.4 Å². The number of fused-ring (bicyclic) bond motifs is 1. The van der Waals surface area contributed by atoms with Crippen molar-refractivity contribution in [1.82, 2.24) is 39.7 Å². The highest BCUT2D eigenvalue weighted by atomic mass is 19.1. The number of halogens is 2. The summed E-state index contributed by atoms with van der Waals surface area (Å²) in [4.78, 5) is 46.7. The summed E-state index contributed by atoms with van der Waals surface area (Å²) in [6.45, 7) is 11.6. The van der Waals surface area contributed by atoms with Gasteiger partial charge in [0.1, 0.15) is 35.8 Å². The first kappa shape index (κ1) is 49.3. The van der Waals surface area contributed by atoms with Crippen molar-refractivity contribution in [2.45, 2.75) is 64.8 Å². The zero-order valence-electron chi connectivity index (χ0n) is 42.6. The molecule has 390 valence electrons. The molecule has 4 fully saturated rings. The molecule has 5 aromatic carbocycles. The maximum absolute atomic E-state index is 14.8. The maximum Gasteiger partial charge on any atom is 0.323 e. The minimum Gasteiger partial charge on any atom is -0.451 e. The van der Waals surface area contributed by atoms with Gasteiger partial charge in [0.25, 0.3) is 0 Å². The van der Waals surface area contributed by atoms with Crippen molar-refractivity contribution in [1.29, 1.82) is 0 Å². The van der Waals surface area contributed by atoms with Gasteiger partial charge in [-0.2, -0.15) is 0 Å². The molecule has 8 aromatic rings. The Hall–Kier alpha value is -7.57. The Bertz CT molecular complexity index is 3520. The third-order valence-corrected chi connectivity index (χ3v) is 16.2. The van der Waals surface area contributed by atoms with E-state index in [1.807, 2.05) is 54.6 Å². The van der Waals surface area contributed by atoms with Crippen LogP contribution in [0.5, 0.6) is 23.0 Å². The molecule has 7 heterocycles. The number of benzene rings is 5. The number of likely N-dealkylation sites (tertiary alicyclic amines) is 2. The average Bonchev–Trinajstić information content (AvgIpc) is 4.30. The highest BCUT2D eigenvalue weighted by Crippen LogP contribution is 2.47. The lowest BCUT2D eigenvalue weighted by molar-refractivity contribution is 0.199. The SMILES string of the molecule is CC(O)c1ccccc1-c1cc(F)ccc1Oc1cncnc1N1CCC2(CCN(Cc3ccc4[nH]c(=O)[nH]c4c3CN3CCC4(CCN(c5ncncc5Oc5ccc(F)cc5-c5ccccc5C(C)O)C4)C3)C2)C1. The number of imidazole rings is 1. The quantitative estimate of drug-likeness (QED) is 0.0812. The smallest absolute Gasteiger partial charge is 0.323 e. The van der Waals surface area contributed by atoms with Gasteiger partial charge in [0.2, 0.25) is 0 Å². The number of rotatable bonds is 14. The molecule has 0 radical (unpaired) electrons. The number of aromatic amines is 2. The monoisotopic (exact) mass is 1030 g/mol. The molecule has 0 amide bonds. The molecule has 4 saturated heterocycles. The molecule has 17 heteroatoms. The van der Waals surface area contributed by atoms with Crippen molar-refractivity contribution in [3.8, 4) is 45.3 Å². The second-order valence-corrected chi connectivity index (χ2v) is 21.4. The van der Waals surface area contributed by atoms with Gasteiger partial charge >= 0.3 is 5.69 Å². The first-order chi connectivity index (χ1) is 36.9. The molecule has 0 bridgehead atoms. The summed E-state index contributed by atoms with van der Waals surface area (Å²) in [6, 6.07) is 27.8. The van der Waals surface area contributed by atoms with Gasteiger partial charge in [0, 0.05) is 74.3 Å². The van der Waals surface area contributed by atoms with Crippen molar-refractivity contribution in [2.24, 2.45) is 10.8 Å². The number of anilines is 2. The van der Waals surface area contributed by atoms with Crippen molar-refractivity contribution in [2.75, 3.05) is 62.2 Å². The van der Waals surface area contributed by atoms with Crippen LogP contribution in [-0.2, 0) is 13.1 Å². The lowest BCUT2D eigenvalue weighted by atomic mass is 9.86. The van der Waals surface area contributed by atoms with E-state index < -0.39 is 23.8 Å². The molecule has 4 atom stereocenters. The summed E-state index contributed by atoms with van der Waals surface area (Å²) in [5, 5.41) is 21.2. The number of aliphatic hydroxyl groups excluding tert-OH is 2. The van der Waals surface area contributed by atoms with E-state index in [1.165, 1.54) is 42.5 Å². The van der Waals surface area contributed by atoms with Crippen molar-refractivity contribution in [3.05, 3.63) is 166 Å². The number of nitrogens with zero attached hydrogens (tertiary/aromatic N) is 8. The summed E-state index contributed by atoms with van der Waals surface area (Å²) in [5.41, 5.74) is 7.56. The second-order valence-electron chi connectivity index (χ2n) is 21.4. The molecular weight excluding hydrogens is 967 g/mol. The fraction of sp³-hybridized carbons (Fsp3) is 0.339. The van der Waals surface area contributed by atoms with Gasteiger partial charge in [0.15, 0.2) is 23.1 Å². The minimum absolute atomic E-state index is 0.00861. The number of nitrogens with one attached hydrogen (secondary N) is 2. The number of hydrogen-bond acceptors (Lipinski definition) is 13. The Labute approximate surface area is 438 Å². The van der Waals surface area contributed by atoms with E-state index in [2.05, 4.69) is 45.6 Å². The van der Waals surface area contributed by atoms with Gasteiger partial charge < -0.3 is 39.5 Å². The van der Waals surface area contributed by atoms with Gasteiger partial charge in [-0.1, -0.05) is 54.6 Å². The van der Waals surface area contributed by atoms with E-state index in [4.69, 9.17) is 19.4 Å². The molecule has 12 rings (SSSR count). The van der Waals surface area contributed by atoms with Crippen LogP contribution in [-0.4, -0.2) is 102 Å². The van der Waals surface area contributed by atoms with Crippen LogP contribution in [0.3, 0.4) is 0 Å². The van der Waals surface area contributed by atoms with Crippen LogP contribution in [0.15, 0.2) is 127 Å². The summed E-state index contributed by atoms with van der Waals surface area (Å²) in [5.74, 6) is 2.37. The molecule has 4 aliphatic heterocycles. The Morgan fingerprint density at radius 1 is 0.592 bits per heavy atom. The average molecular weight is 1030 g/mol. The molecule has 4 unspecified atom stereocenters. The number of aromatic nitrogens is 6. The molecule has 3 aromatic heterocycles. The van der Waals surface area contributed by atoms with E-state index in [0.717, 1.165) is 101 Å². The molecule has 0 saturated carbocycles. The summed E-state index contributed by atoms with van der Waals surface area (Å²) in [6.07, 6.45) is 8.83. The third kappa shape index (κ3) is 9.68. The molecule has 2 spiro atoms. The van der Waals surface area contributed by atoms with E-state index in [9.17, 15) is 23.8 Å². The first-order valence-electron chi connectivity index (χ1n) is 26.2. The van der Waals surface area contributed by atoms with Gasteiger partial charge in [-0.05, 0) is 128 Å². The lowest BCUT2D eigenvalue weighted by Crippen LogP contribution is -2.32.